The van der Waals surface area contributed by atoms with Crippen LogP contribution in [0.3, 0.4) is 0 Å². The second kappa shape index (κ2) is 11.0. The number of amides is 3. The van der Waals surface area contributed by atoms with Gasteiger partial charge in [0, 0.05) is 18.7 Å². The summed E-state index contributed by atoms with van der Waals surface area (Å²) >= 11 is 0.750. The molecule has 1 aromatic rings. The lowest BCUT2D eigenvalue weighted by Crippen LogP contribution is -2.41. The number of nitrogens with one attached hydrogen (secondary N) is 1. The van der Waals surface area contributed by atoms with Crippen molar-refractivity contribution in [2.24, 2.45) is 0 Å². The third-order valence-corrected chi connectivity index (χ3v) is 5.49. The largest absolute Gasteiger partial charge is 0.481 e. The summed E-state index contributed by atoms with van der Waals surface area (Å²) in [6.07, 6.45) is 3.32. The zero-order valence-corrected chi connectivity index (χ0v) is 17.9. The summed E-state index contributed by atoms with van der Waals surface area (Å²) in [6.45, 7) is 2.36. The van der Waals surface area contributed by atoms with E-state index >= 15 is 0 Å². The monoisotopic (exact) mass is 448 g/mol. The van der Waals surface area contributed by atoms with Crippen molar-refractivity contribution in [1.82, 2.24) is 10.2 Å². The fourth-order valence-corrected chi connectivity index (χ4v) is 3.91. The molecule has 1 N–H and O–H groups in total. The molecule has 3 amide bonds. The van der Waals surface area contributed by atoms with Gasteiger partial charge < -0.3 is 19.5 Å². The number of thioether (sulfide) groups is 1. The van der Waals surface area contributed by atoms with Crippen LogP contribution in [0.1, 0.15) is 25.3 Å². The molecule has 2 heterocycles. The third kappa shape index (κ3) is 6.31. The highest BCUT2D eigenvalue weighted by Gasteiger charge is 2.36. The molecule has 3 rings (SSSR count). The Bertz CT molecular complexity index is 880. The van der Waals surface area contributed by atoms with Gasteiger partial charge in [0.25, 0.3) is 11.1 Å². The molecule has 2 aliphatic heterocycles. The third-order valence-electron chi connectivity index (χ3n) is 4.58. The molecule has 0 radical (unpaired) electrons. The second-order valence-electron chi connectivity index (χ2n) is 6.84. The lowest BCUT2D eigenvalue weighted by atomic mass is 10.2. The summed E-state index contributed by atoms with van der Waals surface area (Å²) in [6, 6.07) is 6.81. The number of hydrogen-bond acceptors (Lipinski definition) is 8. The van der Waals surface area contributed by atoms with Crippen molar-refractivity contribution in [2.45, 2.75) is 25.9 Å². The van der Waals surface area contributed by atoms with Crippen LogP contribution in [0, 0.1) is 0 Å². The zero-order valence-electron chi connectivity index (χ0n) is 17.1. The van der Waals surface area contributed by atoms with Crippen molar-refractivity contribution >= 4 is 40.9 Å². The Morgan fingerprint density at radius 3 is 2.87 bits per heavy atom. The van der Waals surface area contributed by atoms with Gasteiger partial charge in [0.1, 0.15) is 12.3 Å². The fraction of sp³-hybridized carbons (Fsp3) is 0.429. The van der Waals surface area contributed by atoms with E-state index in [0.717, 1.165) is 29.5 Å². The van der Waals surface area contributed by atoms with Crippen LogP contribution in [0.15, 0.2) is 29.2 Å². The molecule has 31 heavy (non-hydrogen) atoms. The van der Waals surface area contributed by atoms with Crippen LogP contribution in [-0.4, -0.2) is 66.9 Å². The van der Waals surface area contributed by atoms with Crippen molar-refractivity contribution in [3.63, 3.8) is 0 Å². The van der Waals surface area contributed by atoms with Gasteiger partial charge in [-0.05, 0) is 43.7 Å². The van der Waals surface area contributed by atoms with E-state index in [-0.39, 0.29) is 30.8 Å². The number of nitrogens with zero attached hydrogens (tertiary/aromatic N) is 1. The van der Waals surface area contributed by atoms with E-state index in [1.807, 2.05) is 0 Å². The number of carbonyl (C=O) groups is 4. The number of benzene rings is 1. The van der Waals surface area contributed by atoms with Crippen LogP contribution in [0.2, 0.25) is 0 Å². The first kappa shape index (κ1) is 22.8. The molecule has 2 saturated heterocycles. The van der Waals surface area contributed by atoms with Crippen molar-refractivity contribution < 1.29 is 33.4 Å². The Labute approximate surface area is 184 Å². The number of carbonyl (C=O) groups excluding carboxylic acids is 4. The molecule has 0 aliphatic carbocycles. The first-order valence-electron chi connectivity index (χ1n) is 9.99. The molecule has 0 saturated carbocycles. The average molecular weight is 448 g/mol. The minimum Gasteiger partial charge on any atom is -0.481 e. The summed E-state index contributed by atoms with van der Waals surface area (Å²) in [4.78, 5) is 49.7. The molecule has 0 spiro atoms. The fourth-order valence-electron chi connectivity index (χ4n) is 3.08. The number of ether oxygens (including phenoxy) is 3. The topological polar surface area (TPSA) is 111 Å². The normalized spacial score (nSPS) is 19.7. The van der Waals surface area contributed by atoms with Gasteiger partial charge in [-0.1, -0.05) is 18.2 Å². The van der Waals surface area contributed by atoms with Gasteiger partial charge in [-0.2, -0.15) is 0 Å². The summed E-state index contributed by atoms with van der Waals surface area (Å²) in [5.41, 5.74) is 0.528. The van der Waals surface area contributed by atoms with E-state index in [2.05, 4.69) is 5.32 Å². The van der Waals surface area contributed by atoms with E-state index in [9.17, 15) is 19.2 Å². The predicted molar refractivity (Wildman–Crippen MR) is 113 cm³/mol. The quantitative estimate of drug-likeness (QED) is 0.451. The minimum absolute atomic E-state index is 0.0233. The number of para-hydroxylation sites is 1. The van der Waals surface area contributed by atoms with E-state index in [4.69, 9.17) is 14.2 Å². The Hall–Kier alpha value is -2.85. The minimum atomic E-state index is -0.553. The van der Waals surface area contributed by atoms with Crippen LogP contribution in [-0.2, 0) is 23.9 Å². The predicted octanol–water partition coefficient (Wildman–Crippen LogP) is 1.96. The lowest BCUT2D eigenvalue weighted by molar-refractivity contribution is -0.145. The second-order valence-corrected chi connectivity index (χ2v) is 7.83. The molecular formula is C21H24N2O7S. The van der Waals surface area contributed by atoms with E-state index in [1.54, 1.807) is 31.2 Å². The van der Waals surface area contributed by atoms with E-state index < -0.39 is 23.0 Å². The Morgan fingerprint density at radius 2 is 2.13 bits per heavy atom. The van der Waals surface area contributed by atoms with Crippen LogP contribution in [0.25, 0.3) is 6.08 Å². The van der Waals surface area contributed by atoms with Gasteiger partial charge in [0.15, 0.2) is 6.61 Å². The molecule has 1 atom stereocenters. The highest BCUT2D eigenvalue weighted by molar-refractivity contribution is 8.18. The van der Waals surface area contributed by atoms with E-state index in [0.29, 0.717) is 24.5 Å². The maximum atomic E-state index is 12.7. The molecule has 0 bridgehead atoms. The van der Waals surface area contributed by atoms with Gasteiger partial charge in [-0.3, -0.25) is 19.3 Å². The highest BCUT2D eigenvalue weighted by atomic mass is 32.2. The SMILES string of the molecule is CCOC(=O)COc1ccccc1/C=C1\SC(=O)N(CC(=O)NC[C@@H]2CCCO2)C1=O. The molecule has 9 nitrogen and oxygen atoms in total. The molecular weight excluding hydrogens is 424 g/mol. The van der Waals surface area contributed by atoms with Crippen molar-refractivity contribution in [3.8, 4) is 5.75 Å². The summed E-state index contributed by atoms with van der Waals surface area (Å²) < 4.78 is 15.8. The number of hydrogen-bond donors (Lipinski definition) is 1. The first-order valence-corrected chi connectivity index (χ1v) is 10.8. The van der Waals surface area contributed by atoms with Crippen molar-refractivity contribution in [2.75, 3.05) is 32.9 Å². The standard InChI is InChI=1S/C21H24N2O7S/c1-2-28-19(25)13-30-16-8-4-3-6-14(16)10-17-20(26)23(21(27)31-17)12-18(24)22-11-15-7-5-9-29-15/h3-4,6,8,10,15H,2,5,7,9,11-13H2,1H3,(H,22,24)/b17-10-/t15-/m0/s1. The summed E-state index contributed by atoms with van der Waals surface area (Å²) in [7, 11) is 0. The summed E-state index contributed by atoms with van der Waals surface area (Å²) in [5.74, 6) is -1.11. The van der Waals surface area contributed by atoms with Gasteiger partial charge in [-0.25, -0.2) is 4.79 Å². The van der Waals surface area contributed by atoms with Crippen LogP contribution >= 0.6 is 11.8 Å². The van der Waals surface area contributed by atoms with Crippen LogP contribution in [0.4, 0.5) is 4.79 Å². The van der Waals surface area contributed by atoms with Crippen molar-refractivity contribution in [3.05, 3.63) is 34.7 Å². The van der Waals surface area contributed by atoms with Crippen LogP contribution < -0.4 is 10.1 Å². The van der Waals surface area contributed by atoms with Crippen molar-refractivity contribution in [1.29, 1.82) is 0 Å². The van der Waals surface area contributed by atoms with Crippen LogP contribution in [0.5, 0.6) is 5.75 Å². The number of esters is 1. The highest BCUT2D eigenvalue weighted by Crippen LogP contribution is 2.33. The van der Waals surface area contributed by atoms with Gasteiger partial charge in [0.2, 0.25) is 5.91 Å². The first-order chi connectivity index (χ1) is 15.0. The molecule has 2 fully saturated rings. The molecule has 10 heteroatoms. The zero-order chi connectivity index (χ0) is 22.2. The maximum absolute atomic E-state index is 12.7. The Kier molecular flexibility index (Phi) is 8.07. The molecule has 0 unspecified atom stereocenters. The maximum Gasteiger partial charge on any atom is 0.344 e. The molecule has 1 aromatic carbocycles. The smallest absolute Gasteiger partial charge is 0.344 e. The lowest BCUT2D eigenvalue weighted by Gasteiger charge is -2.14. The average Bonchev–Trinajstić information content (AvgIpc) is 3.36. The number of imide groups is 1. The Morgan fingerprint density at radius 1 is 1.32 bits per heavy atom. The van der Waals surface area contributed by atoms with Gasteiger partial charge in [0.05, 0.1) is 17.6 Å². The number of rotatable bonds is 9. The molecule has 166 valence electrons. The van der Waals surface area contributed by atoms with Gasteiger partial charge in [-0.15, -0.1) is 0 Å². The Balaban J connectivity index is 1.62. The molecule has 0 aromatic heterocycles. The summed E-state index contributed by atoms with van der Waals surface area (Å²) in [5, 5.41) is 2.18. The van der Waals surface area contributed by atoms with Gasteiger partial charge >= 0.3 is 5.97 Å². The molecule has 2 aliphatic rings. The van der Waals surface area contributed by atoms with E-state index in [1.165, 1.54) is 6.08 Å².